The molecule has 0 aromatic heterocycles. The van der Waals surface area contributed by atoms with Gasteiger partial charge in [-0.05, 0) is 19.3 Å². The number of hydrogen-bond acceptors (Lipinski definition) is 4. The van der Waals surface area contributed by atoms with E-state index in [0.717, 1.165) is 0 Å². The number of fused-ring (bicyclic) bond motifs is 1. The molecule has 2 rings (SSSR count). The summed E-state index contributed by atoms with van der Waals surface area (Å²) in [5.74, 6) is -0.854. The molecule has 90 valence electrons. The highest BCUT2D eigenvalue weighted by atomic mass is 16.6. The van der Waals surface area contributed by atoms with E-state index < -0.39 is 23.7 Å². The van der Waals surface area contributed by atoms with Gasteiger partial charge in [-0.3, -0.25) is 4.79 Å². The number of hydrogen-bond donors (Lipinski definition) is 2. The molecule has 0 saturated carbocycles. The molecular weight excluding hydrogens is 210 g/mol. The number of carbonyl (C=O) groups excluding carboxylic acids is 2. The van der Waals surface area contributed by atoms with Crippen molar-refractivity contribution in [1.82, 2.24) is 5.32 Å². The highest BCUT2D eigenvalue weighted by Gasteiger charge is 2.70. The Morgan fingerprint density at radius 3 is 2.56 bits per heavy atom. The number of carbonyl (C=O) groups is 2. The second-order valence-electron chi connectivity index (χ2n) is 5.12. The lowest BCUT2D eigenvalue weighted by Gasteiger charge is -2.45. The SMILES string of the molecule is CC(C)C[C@H](O)[C@@]12NC(=O)[C@H](C)[C@@H]1OC2=O. The van der Waals surface area contributed by atoms with Crippen LogP contribution in [0.5, 0.6) is 0 Å². The van der Waals surface area contributed by atoms with E-state index in [1.807, 2.05) is 13.8 Å². The van der Waals surface area contributed by atoms with Crippen LogP contribution in [0.2, 0.25) is 0 Å². The van der Waals surface area contributed by atoms with Crippen molar-refractivity contribution in [3.63, 3.8) is 0 Å². The van der Waals surface area contributed by atoms with Gasteiger partial charge in [0.05, 0.1) is 12.0 Å². The summed E-state index contributed by atoms with van der Waals surface area (Å²) < 4.78 is 4.97. The number of aliphatic hydroxyl groups excluding tert-OH is 1. The highest BCUT2D eigenvalue weighted by molar-refractivity contribution is 5.99. The molecule has 16 heavy (non-hydrogen) atoms. The largest absolute Gasteiger partial charge is 0.456 e. The maximum atomic E-state index is 11.6. The summed E-state index contributed by atoms with van der Waals surface area (Å²) in [6, 6.07) is 0. The normalized spacial score (nSPS) is 38.8. The molecule has 0 bridgehead atoms. The topological polar surface area (TPSA) is 75.6 Å². The summed E-state index contributed by atoms with van der Waals surface area (Å²) >= 11 is 0. The summed E-state index contributed by atoms with van der Waals surface area (Å²) in [7, 11) is 0. The van der Waals surface area contributed by atoms with E-state index in [1.54, 1.807) is 6.92 Å². The van der Waals surface area contributed by atoms with Crippen LogP contribution in [0.1, 0.15) is 27.2 Å². The van der Waals surface area contributed by atoms with Gasteiger partial charge in [-0.25, -0.2) is 4.79 Å². The summed E-state index contributed by atoms with van der Waals surface area (Å²) in [5, 5.41) is 12.7. The molecule has 2 saturated heterocycles. The second-order valence-corrected chi connectivity index (χ2v) is 5.12. The molecule has 0 aromatic carbocycles. The van der Waals surface area contributed by atoms with Gasteiger partial charge in [-0.2, -0.15) is 0 Å². The van der Waals surface area contributed by atoms with Gasteiger partial charge in [0.25, 0.3) is 0 Å². The van der Waals surface area contributed by atoms with Crippen molar-refractivity contribution in [2.75, 3.05) is 0 Å². The van der Waals surface area contributed by atoms with Gasteiger partial charge in [0, 0.05) is 0 Å². The Balaban J connectivity index is 2.22. The fourth-order valence-electron chi connectivity index (χ4n) is 2.48. The molecule has 0 radical (unpaired) electrons. The zero-order chi connectivity index (χ0) is 12.1. The zero-order valence-electron chi connectivity index (χ0n) is 9.69. The van der Waals surface area contributed by atoms with E-state index in [-0.39, 0.29) is 17.7 Å². The Kier molecular flexibility index (Phi) is 2.45. The number of rotatable bonds is 3. The van der Waals surface area contributed by atoms with Crippen LogP contribution in [0.3, 0.4) is 0 Å². The fraction of sp³-hybridized carbons (Fsp3) is 0.818. The van der Waals surface area contributed by atoms with Crippen LogP contribution in [0.25, 0.3) is 0 Å². The first-order chi connectivity index (χ1) is 7.39. The Labute approximate surface area is 94.2 Å². The third-order valence-corrected chi connectivity index (χ3v) is 3.44. The summed E-state index contributed by atoms with van der Waals surface area (Å²) in [5.41, 5.74) is -1.18. The molecule has 0 aliphatic carbocycles. The van der Waals surface area contributed by atoms with Gasteiger partial charge >= 0.3 is 5.97 Å². The van der Waals surface area contributed by atoms with Crippen molar-refractivity contribution in [3.8, 4) is 0 Å². The standard InChI is InChI=1S/C11H17NO4/c1-5(2)4-7(13)11-8(16-10(11)15)6(3)9(14)12-11/h5-8,13H,4H2,1-3H3,(H,12,14)/t6-,7+,8+,11-/m1/s1. The van der Waals surface area contributed by atoms with Crippen molar-refractivity contribution in [3.05, 3.63) is 0 Å². The Morgan fingerprint density at radius 2 is 2.12 bits per heavy atom. The third kappa shape index (κ3) is 1.27. The van der Waals surface area contributed by atoms with Crippen molar-refractivity contribution >= 4 is 11.9 Å². The Hall–Kier alpha value is -1.10. The maximum absolute atomic E-state index is 11.6. The Bertz CT molecular complexity index is 341. The molecule has 0 spiro atoms. The average Bonchev–Trinajstić information content (AvgIpc) is 2.37. The maximum Gasteiger partial charge on any atom is 0.338 e. The van der Waals surface area contributed by atoms with Crippen molar-refractivity contribution in [2.24, 2.45) is 11.8 Å². The van der Waals surface area contributed by atoms with Gasteiger partial charge in [-0.1, -0.05) is 13.8 Å². The lowest BCUT2D eigenvalue weighted by Crippen LogP contribution is -2.73. The zero-order valence-corrected chi connectivity index (χ0v) is 9.69. The first-order valence-corrected chi connectivity index (χ1v) is 5.60. The van der Waals surface area contributed by atoms with E-state index in [2.05, 4.69) is 5.32 Å². The van der Waals surface area contributed by atoms with Crippen molar-refractivity contribution < 1.29 is 19.4 Å². The highest BCUT2D eigenvalue weighted by Crippen LogP contribution is 2.42. The van der Waals surface area contributed by atoms with Gasteiger partial charge in [0.15, 0.2) is 0 Å². The van der Waals surface area contributed by atoms with E-state index >= 15 is 0 Å². The molecule has 2 fully saturated rings. The molecule has 5 heteroatoms. The minimum absolute atomic E-state index is 0.223. The molecule has 5 nitrogen and oxygen atoms in total. The van der Waals surface area contributed by atoms with Crippen LogP contribution in [-0.2, 0) is 14.3 Å². The quantitative estimate of drug-likeness (QED) is 0.656. The van der Waals surface area contributed by atoms with Crippen LogP contribution in [0.4, 0.5) is 0 Å². The van der Waals surface area contributed by atoms with Crippen molar-refractivity contribution in [1.29, 1.82) is 0 Å². The van der Waals surface area contributed by atoms with Crippen molar-refractivity contribution in [2.45, 2.75) is 44.9 Å². The number of nitrogens with one attached hydrogen (secondary N) is 1. The van der Waals surface area contributed by atoms with Gasteiger partial charge in [0.2, 0.25) is 11.4 Å². The molecule has 2 N–H and O–H groups in total. The second kappa shape index (κ2) is 3.45. The summed E-state index contributed by atoms with van der Waals surface area (Å²) in [4.78, 5) is 23.1. The van der Waals surface area contributed by atoms with Crippen LogP contribution < -0.4 is 5.32 Å². The first kappa shape index (κ1) is 11.4. The molecular formula is C11H17NO4. The number of amides is 1. The lowest BCUT2D eigenvalue weighted by atomic mass is 9.77. The lowest BCUT2D eigenvalue weighted by molar-refractivity contribution is -0.204. The van der Waals surface area contributed by atoms with Gasteiger partial charge in [-0.15, -0.1) is 0 Å². The van der Waals surface area contributed by atoms with Crippen LogP contribution in [0.15, 0.2) is 0 Å². The van der Waals surface area contributed by atoms with Crippen LogP contribution in [0, 0.1) is 11.8 Å². The monoisotopic (exact) mass is 227 g/mol. The molecule has 2 heterocycles. The average molecular weight is 227 g/mol. The Morgan fingerprint density at radius 1 is 1.50 bits per heavy atom. The summed E-state index contributed by atoms with van der Waals surface area (Å²) in [6.45, 7) is 5.62. The smallest absolute Gasteiger partial charge is 0.338 e. The molecule has 0 unspecified atom stereocenters. The van der Waals surface area contributed by atoms with Gasteiger partial charge in [0.1, 0.15) is 6.10 Å². The predicted octanol–water partition coefficient (Wildman–Crippen LogP) is -0.177. The minimum Gasteiger partial charge on any atom is -0.456 e. The molecule has 0 aromatic rings. The molecule has 2 aliphatic rings. The van der Waals surface area contributed by atoms with Crippen LogP contribution in [-0.4, -0.2) is 34.7 Å². The molecule has 4 atom stereocenters. The molecule has 2 aliphatic heterocycles. The van der Waals surface area contributed by atoms with E-state index in [1.165, 1.54) is 0 Å². The number of aliphatic hydroxyl groups is 1. The van der Waals surface area contributed by atoms with Crippen LogP contribution >= 0.6 is 0 Å². The first-order valence-electron chi connectivity index (χ1n) is 5.60. The third-order valence-electron chi connectivity index (χ3n) is 3.44. The molecule has 1 amide bonds. The fourth-order valence-corrected chi connectivity index (χ4v) is 2.48. The van der Waals surface area contributed by atoms with E-state index in [0.29, 0.717) is 6.42 Å². The minimum atomic E-state index is -1.18. The van der Waals surface area contributed by atoms with Gasteiger partial charge < -0.3 is 15.2 Å². The number of ether oxygens (including phenoxy) is 1. The predicted molar refractivity (Wildman–Crippen MR) is 55.4 cm³/mol. The number of esters is 1. The summed E-state index contributed by atoms with van der Waals surface area (Å²) in [6.07, 6.45) is -0.910. The van der Waals surface area contributed by atoms with E-state index in [9.17, 15) is 14.7 Å². The van der Waals surface area contributed by atoms with E-state index in [4.69, 9.17) is 4.74 Å².